The van der Waals surface area contributed by atoms with Crippen LogP contribution in [0.3, 0.4) is 0 Å². The van der Waals surface area contributed by atoms with Crippen LogP contribution in [0.15, 0.2) is 6.07 Å². The summed E-state index contributed by atoms with van der Waals surface area (Å²) in [4.78, 5) is 4.82. The van der Waals surface area contributed by atoms with Gasteiger partial charge in [0.25, 0.3) is 0 Å². The first-order valence-corrected chi connectivity index (χ1v) is 10.9. The normalized spacial score (nSPS) is 26.4. The van der Waals surface area contributed by atoms with Crippen LogP contribution in [0.5, 0.6) is 0 Å². The van der Waals surface area contributed by atoms with E-state index in [1.807, 2.05) is 10.6 Å². The van der Waals surface area contributed by atoms with Crippen LogP contribution in [0.2, 0.25) is 0 Å². The van der Waals surface area contributed by atoms with Crippen LogP contribution in [0.25, 0.3) is 5.65 Å². The molecule has 2 aliphatic rings. The maximum atomic E-state index is 13.0. The molecule has 2 aromatic heterocycles. The Balaban J connectivity index is 1.70. The molecule has 160 valence electrons. The first-order chi connectivity index (χ1) is 13.8. The van der Waals surface area contributed by atoms with Crippen molar-refractivity contribution >= 4 is 5.65 Å². The summed E-state index contributed by atoms with van der Waals surface area (Å²) in [5.74, 6) is -0.333. The quantitative estimate of drug-likeness (QED) is 0.733. The molecule has 0 spiro atoms. The summed E-state index contributed by atoms with van der Waals surface area (Å²) in [6.07, 6.45) is -0.321. The van der Waals surface area contributed by atoms with Gasteiger partial charge in [-0.05, 0) is 63.5 Å². The molecule has 1 N–H and O–H groups in total. The Morgan fingerprint density at radius 1 is 1.10 bits per heavy atom. The molecular weight excluding hydrogens is 377 g/mol. The van der Waals surface area contributed by atoms with Crippen molar-refractivity contribution in [2.45, 2.75) is 83.2 Å². The molecule has 0 amide bonds. The van der Waals surface area contributed by atoms with E-state index < -0.39 is 12.1 Å². The first kappa shape index (κ1) is 20.6. The fourth-order valence-corrected chi connectivity index (χ4v) is 5.28. The lowest BCUT2D eigenvalue weighted by molar-refractivity contribution is -0.182. The van der Waals surface area contributed by atoms with E-state index in [2.05, 4.69) is 26.1 Å². The predicted octanol–water partition coefficient (Wildman–Crippen LogP) is 5.46. The van der Waals surface area contributed by atoms with E-state index in [1.54, 1.807) is 0 Å². The summed E-state index contributed by atoms with van der Waals surface area (Å²) in [5.41, 5.74) is 5.29. The predicted molar refractivity (Wildman–Crippen MR) is 107 cm³/mol. The number of fused-ring (bicyclic) bond motifs is 1. The number of nitrogens with one attached hydrogen (secondary N) is 1. The molecule has 3 heterocycles. The fourth-order valence-electron chi connectivity index (χ4n) is 5.28. The minimum atomic E-state index is -4.07. The molecule has 7 heteroatoms. The number of rotatable bonds is 3. The fraction of sp³-hybridized carbons (Fsp3) is 0.727. The number of halogens is 3. The van der Waals surface area contributed by atoms with E-state index in [4.69, 9.17) is 10.1 Å². The molecular formula is C22H31F3N4. The third-order valence-corrected chi connectivity index (χ3v) is 6.75. The molecule has 0 aromatic carbocycles. The van der Waals surface area contributed by atoms with Gasteiger partial charge < -0.3 is 5.32 Å². The van der Waals surface area contributed by atoms with Gasteiger partial charge in [0.2, 0.25) is 0 Å². The summed E-state index contributed by atoms with van der Waals surface area (Å²) in [6.45, 7) is 8.44. The molecule has 0 bridgehead atoms. The Morgan fingerprint density at radius 2 is 1.83 bits per heavy atom. The van der Waals surface area contributed by atoms with E-state index in [1.165, 1.54) is 11.3 Å². The maximum Gasteiger partial charge on any atom is 0.391 e. The standard InChI is InChI=1S/C22H31F3N4/c1-13(2)20-14(3)27-19-11-18(15-6-8-17(9-7-15)22(23,24)25)28-29(19)21(20)16-5-4-10-26-12-16/h11,13,15-17,26H,4-10,12H2,1-3H3/t15-,16?,17-. The summed E-state index contributed by atoms with van der Waals surface area (Å²) >= 11 is 0. The van der Waals surface area contributed by atoms with Gasteiger partial charge in [-0.2, -0.15) is 18.3 Å². The number of alkyl halides is 3. The Morgan fingerprint density at radius 3 is 2.41 bits per heavy atom. The smallest absolute Gasteiger partial charge is 0.316 e. The van der Waals surface area contributed by atoms with Crippen molar-refractivity contribution in [1.29, 1.82) is 0 Å². The van der Waals surface area contributed by atoms with Crippen LogP contribution < -0.4 is 5.32 Å². The zero-order valence-corrected chi connectivity index (χ0v) is 17.5. The summed E-state index contributed by atoms with van der Waals surface area (Å²) in [5, 5.41) is 8.43. The zero-order chi connectivity index (χ0) is 20.8. The molecule has 1 aliphatic carbocycles. The van der Waals surface area contributed by atoms with Crippen molar-refractivity contribution in [2.75, 3.05) is 13.1 Å². The van der Waals surface area contributed by atoms with E-state index in [0.29, 0.717) is 24.7 Å². The highest BCUT2D eigenvalue weighted by Crippen LogP contribution is 2.43. The summed E-state index contributed by atoms with van der Waals surface area (Å²) in [7, 11) is 0. The first-order valence-electron chi connectivity index (χ1n) is 10.9. The van der Waals surface area contributed by atoms with Crippen molar-refractivity contribution in [1.82, 2.24) is 19.9 Å². The van der Waals surface area contributed by atoms with Crippen molar-refractivity contribution in [2.24, 2.45) is 5.92 Å². The lowest BCUT2D eigenvalue weighted by atomic mass is 9.80. The van der Waals surface area contributed by atoms with Gasteiger partial charge in [0.05, 0.1) is 17.3 Å². The Labute approximate surface area is 170 Å². The average Bonchev–Trinajstić information content (AvgIpc) is 3.10. The number of nitrogens with zero attached hydrogens (tertiary/aromatic N) is 3. The van der Waals surface area contributed by atoms with Gasteiger partial charge in [0.15, 0.2) is 5.65 Å². The van der Waals surface area contributed by atoms with Crippen LogP contribution >= 0.6 is 0 Å². The van der Waals surface area contributed by atoms with Crippen LogP contribution in [-0.4, -0.2) is 33.9 Å². The molecule has 2 aromatic rings. The molecule has 1 saturated carbocycles. The lowest BCUT2D eigenvalue weighted by Gasteiger charge is -2.29. The van der Waals surface area contributed by atoms with E-state index in [0.717, 1.165) is 43.0 Å². The molecule has 29 heavy (non-hydrogen) atoms. The van der Waals surface area contributed by atoms with Crippen LogP contribution in [0.4, 0.5) is 13.2 Å². The molecule has 1 aliphatic heterocycles. The molecule has 2 fully saturated rings. The number of aromatic nitrogens is 3. The van der Waals surface area contributed by atoms with Crippen molar-refractivity contribution in [3.8, 4) is 0 Å². The lowest BCUT2D eigenvalue weighted by Crippen LogP contribution is -2.31. The van der Waals surface area contributed by atoms with Crippen molar-refractivity contribution in [3.63, 3.8) is 0 Å². The summed E-state index contributed by atoms with van der Waals surface area (Å²) < 4.78 is 41.1. The van der Waals surface area contributed by atoms with Gasteiger partial charge in [-0.1, -0.05) is 13.8 Å². The second-order valence-electron chi connectivity index (χ2n) is 9.12. The van der Waals surface area contributed by atoms with E-state index >= 15 is 0 Å². The maximum absolute atomic E-state index is 13.0. The number of piperidine rings is 1. The molecule has 0 radical (unpaired) electrons. The average molecular weight is 409 g/mol. The van der Waals surface area contributed by atoms with E-state index in [-0.39, 0.29) is 18.8 Å². The van der Waals surface area contributed by atoms with Gasteiger partial charge in [-0.25, -0.2) is 9.50 Å². The van der Waals surface area contributed by atoms with Crippen LogP contribution in [0, 0.1) is 12.8 Å². The largest absolute Gasteiger partial charge is 0.391 e. The van der Waals surface area contributed by atoms with Gasteiger partial charge in [0, 0.05) is 30.1 Å². The number of aryl methyl sites for hydroxylation is 1. The Bertz CT molecular complexity index is 857. The van der Waals surface area contributed by atoms with Crippen molar-refractivity contribution in [3.05, 3.63) is 28.7 Å². The topological polar surface area (TPSA) is 42.2 Å². The van der Waals surface area contributed by atoms with Gasteiger partial charge in [-0.3, -0.25) is 0 Å². The third kappa shape index (κ3) is 4.03. The highest BCUT2D eigenvalue weighted by atomic mass is 19.4. The Hall–Kier alpha value is -1.63. The minimum Gasteiger partial charge on any atom is -0.316 e. The zero-order valence-electron chi connectivity index (χ0n) is 17.5. The highest BCUT2D eigenvalue weighted by Gasteiger charge is 2.42. The number of hydrogen-bond acceptors (Lipinski definition) is 3. The second kappa shape index (κ2) is 7.89. The monoisotopic (exact) mass is 408 g/mol. The van der Waals surface area contributed by atoms with Gasteiger partial charge in [-0.15, -0.1) is 0 Å². The van der Waals surface area contributed by atoms with Gasteiger partial charge >= 0.3 is 6.18 Å². The highest BCUT2D eigenvalue weighted by molar-refractivity contribution is 5.47. The Kier molecular flexibility index (Phi) is 5.62. The molecule has 1 atom stereocenters. The van der Waals surface area contributed by atoms with Crippen molar-refractivity contribution < 1.29 is 13.2 Å². The second-order valence-corrected chi connectivity index (χ2v) is 9.12. The molecule has 4 rings (SSSR count). The third-order valence-electron chi connectivity index (χ3n) is 6.75. The molecule has 4 nitrogen and oxygen atoms in total. The summed E-state index contributed by atoms with van der Waals surface area (Å²) in [6, 6.07) is 2.01. The van der Waals surface area contributed by atoms with Gasteiger partial charge in [0.1, 0.15) is 0 Å². The van der Waals surface area contributed by atoms with Crippen LogP contribution in [-0.2, 0) is 0 Å². The molecule has 1 unspecified atom stereocenters. The van der Waals surface area contributed by atoms with Crippen LogP contribution in [0.1, 0.15) is 92.8 Å². The van der Waals surface area contributed by atoms with E-state index in [9.17, 15) is 13.2 Å². The SMILES string of the molecule is Cc1nc2cc([C@H]3CC[C@H](C(F)(F)F)CC3)nn2c(C2CCCNC2)c1C(C)C. The number of hydrogen-bond donors (Lipinski definition) is 1. The minimum absolute atomic E-state index is 0.0930. The molecule has 1 saturated heterocycles.